The van der Waals surface area contributed by atoms with Crippen molar-refractivity contribution in [2.24, 2.45) is 5.73 Å². The molecule has 1 aliphatic rings. The van der Waals surface area contributed by atoms with Gasteiger partial charge in [0.2, 0.25) is 5.91 Å². The maximum Gasteiger partial charge on any atom is 0.240 e. The molecule has 2 rings (SSSR count). The minimum Gasteiger partial charge on any atom is -0.352 e. The lowest BCUT2D eigenvalue weighted by Crippen LogP contribution is -2.35. The van der Waals surface area contributed by atoms with Crippen molar-refractivity contribution in [3.63, 3.8) is 0 Å². The van der Waals surface area contributed by atoms with Crippen LogP contribution in [-0.2, 0) is 17.9 Å². The number of amides is 1. The molecule has 0 spiro atoms. The first-order valence-corrected chi connectivity index (χ1v) is 5.93. The molecule has 1 aromatic heterocycles. The largest absolute Gasteiger partial charge is 0.352 e. The molecule has 1 aromatic rings. The maximum atomic E-state index is 11.8. The highest BCUT2D eigenvalue weighted by Crippen LogP contribution is 2.17. The summed E-state index contributed by atoms with van der Waals surface area (Å²) in [6, 6.07) is 4.26. The van der Waals surface area contributed by atoms with Crippen molar-refractivity contribution >= 4 is 5.91 Å². The Morgan fingerprint density at radius 1 is 1.50 bits per heavy atom. The SMILES string of the molecule is NCc1cccn1CC(=O)NC1CCCC1. The van der Waals surface area contributed by atoms with Crippen LogP contribution in [0.15, 0.2) is 18.3 Å². The van der Waals surface area contributed by atoms with E-state index in [0.717, 1.165) is 18.5 Å². The summed E-state index contributed by atoms with van der Waals surface area (Å²) in [6.07, 6.45) is 6.63. The Morgan fingerprint density at radius 2 is 2.25 bits per heavy atom. The number of aromatic nitrogens is 1. The second-order valence-corrected chi connectivity index (χ2v) is 4.38. The van der Waals surface area contributed by atoms with E-state index in [2.05, 4.69) is 5.32 Å². The van der Waals surface area contributed by atoms with Crippen LogP contribution in [0.3, 0.4) is 0 Å². The van der Waals surface area contributed by atoms with Crippen molar-refractivity contribution in [3.8, 4) is 0 Å². The van der Waals surface area contributed by atoms with E-state index < -0.39 is 0 Å². The van der Waals surface area contributed by atoms with E-state index in [9.17, 15) is 4.79 Å². The third-order valence-electron chi connectivity index (χ3n) is 3.17. The van der Waals surface area contributed by atoms with Gasteiger partial charge in [-0.2, -0.15) is 0 Å². The van der Waals surface area contributed by atoms with E-state index in [1.807, 2.05) is 22.9 Å². The molecule has 0 unspecified atom stereocenters. The van der Waals surface area contributed by atoms with Crippen LogP contribution >= 0.6 is 0 Å². The van der Waals surface area contributed by atoms with E-state index in [0.29, 0.717) is 19.1 Å². The molecule has 0 bridgehead atoms. The van der Waals surface area contributed by atoms with Crippen LogP contribution in [0.5, 0.6) is 0 Å². The molecule has 0 aliphatic heterocycles. The minimum absolute atomic E-state index is 0.0952. The quantitative estimate of drug-likeness (QED) is 0.797. The summed E-state index contributed by atoms with van der Waals surface area (Å²) in [5.41, 5.74) is 6.58. The molecule has 1 aliphatic carbocycles. The van der Waals surface area contributed by atoms with Crippen molar-refractivity contribution in [1.82, 2.24) is 9.88 Å². The molecule has 4 heteroatoms. The first-order chi connectivity index (χ1) is 7.79. The summed E-state index contributed by atoms with van der Waals surface area (Å²) in [5.74, 6) is 0.0952. The Labute approximate surface area is 95.8 Å². The van der Waals surface area contributed by atoms with Gasteiger partial charge in [-0.1, -0.05) is 12.8 Å². The molecule has 16 heavy (non-hydrogen) atoms. The van der Waals surface area contributed by atoms with Gasteiger partial charge < -0.3 is 15.6 Å². The first kappa shape index (κ1) is 11.2. The third kappa shape index (κ3) is 2.64. The van der Waals surface area contributed by atoms with Crippen LogP contribution in [0, 0.1) is 0 Å². The van der Waals surface area contributed by atoms with Crippen LogP contribution in [0.25, 0.3) is 0 Å². The molecular formula is C12H19N3O. The van der Waals surface area contributed by atoms with Gasteiger partial charge in [-0.25, -0.2) is 0 Å². The van der Waals surface area contributed by atoms with Gasteiger partial charge in [0.1, 0.15) is 6.54 Å². The van der Waals surface area contributed by atoms with Gasteiger partial charge in [-0.15, -0.1) is 0 Å². The standard InChI is InChI=1S/C12H19N3O/c13-8-11-6-3-7-15(11)9-12(16)14-10-4-1-2-5-10/h3,6-7,10H,1-2,4-5,8-9,13H2,(H,14,16). The highest BCUT2D eigenvalue weighted by atomic mass is 16.2. The fraction of sp³-hybridized carbons (Fsp3) is 0.583. The minimum atomic E-state index is 0.0952. The van der Waals surface area contributed by atoms with Crippen LogP contribution in [0.2, 0.25) is 0 Å². The number of hydrogen-bond acceptors (Lipinski definition) is 2. The smallest absolute Gasteiger partial charge is 0.240 e. The fourth-order valence-corrected chi connectivity index (χ4v) is 2.29. The summed E-state index contributed by atoms with van der Waals surface area (Å²) in [7, 11) is 0. The lowest BCUT2D eigenvalue weighted by atomic mass is 10.2. The number of carbonyl (C=O) groups excluding carboxylic acids is 1. The van der Waals surface area contributed by atoms with Crippen LogP contribution in [-0.4, -0.2) is 16.5 Å². The van der Waals surface area contributed by atoms with Gasteiger partial charge in [0, 0.05) is 24.5 Å². The predicted octanol–water partition coefficient (Wildman–Crippen LogP) is 1.01. The number of rotatable bonds is 4. The van der Waals surface area contributed by atoms with E-state index in [-0.39, 0.29) is 5.91 Å². The summed E-state index contributed by atoms with van der Waals surface area (Å²) < 4.78 is 1.91. The van der Waals surface area contributed by atoms with Crippen molar-refractivity contribution in [1.29, 1.82) is 0 Å². The van der Waals surface area contributed by atoms with E-state index in [1.165, 1.54) is 12.8 Å². The molecule has 1 fully saturated rings. The van der Waals surface area contributed by atoms with Crippen molar-refractivity contribution in [3.05, 3.63) is 24.0 Å². The average Bonchev–Trinajstić information content (AvgIpc) is 2.88. The fourth-order valence-electron chi connectivity index (χ4n) is 2.29. The summed E-state index contributed by atoms with van der Waals surface area (Å²) in [4.78, 5) is 11.8. The summed E-state index contributed by atoms with van der Waals surface area (Å²) in [5, 5.41) is 3.07. The Kier molecular flexibility index (Phi) is 3.62. The molecular weight excluding hydrogens is 202 g/mol. The Hall–Kier alpha value is -1.29. The van der Waals surface area contributed by atoms with Crippen molar-refractivity contribution in [2.75, 3.05) is 0 Å². The van der Waals surface area contributed by atoms with Crippen molar-refractivity contribution < 1.29 is 4.79 Å². The number of hydrogen-bond donors (Lipinski definition) is 2. The topological polar surface area (TPSA) is 60.0 Å². The second kappa shape index (κ2) is 5.16. The Bertz CT molecular complexity index is 353. The zero-order valence-electron chi connectivity index (χ0n) is 9.48. The van der Waals surface area contributed by atoms with Crippen molar-refractivity contribution in [2.45, 2.75) is 44.8 Å². The highest BCUT2D eigenvalue weighted by molar-refractivity contribution is 5.76. The Morgan fingerprint density at radius 3 is 2.94 bits per heavy atom. The average molecular weight is 221 g/mol. The summed E-state index contributed by atoms with van der Waals surface area (Å²) in [6.45, 7) is 0.861. The monoisotopic (exact) mass is 221 g/mol. The lowest BCUT2D eigenvalue weighted by molar-refractivity contribution is -0.122. The molecule has 4 nitrogen and oxygen atoms in total. The molecule has 88 valence electrons. The molecule has 0 radical (unpaired) electrons. The van der Waals surface area contributed by atoms with Gasteiger partial charge >= 0.3 is 0 Å². The van der Waals surface area contributed by atoms with Gasteiger partial charge in [0.05, 0.1) is 0 Å². The third-order valence-corrected chi connectivity index (χ3v) is 3.17. The maximum absolute atomic E-state index is 11.8. The molecule has 1 saturated carbocycles. The van der Waals surface area contributed by atoms with E-state index >= 15 is 0 Å². The zero-order chi connectivity index (χ0) is 11.4. The van der Waals surface area contributed by atoms with Crippen LogP contribution in [0.4, 0.5) is 0 Å². The summed E-state index contributed by atoms with van der Waals surface area (Å²) >= 11 is 0. The highest BCUT2D eigenvalue weighted by Gasteiger charge is 2.17. The molecule has 0 atom stereocenters. The van der Waals surface area contributed by atoms with Gasteiger partial charge in [-0.05, 0) is 25.0 Å². The normalized spacial score (nSPS) is 16.6. The number of carbonyl (C=O) groups is 1. The molecule has 1 amide bonds. The number of nitrogens with zero attached hydrogens (tertiary/aromatic N) is 1. The molecule has 0 aromatic carbocycles. The van der Waals surface area contributed by atoms with Gasteiger partial charge in [0.25, 0.3) is 0 Å². The van der Waals surface area contributed by atoms with Crippen LogP contribution < -0.4 is 11.1 Å². The van der Waals surface area contributed by atoms with E-state index in [4.69, 9.17) is 5.73 Å². The number of nitrogens with one attached hydrogen (secondary N) is 1. The van der Waals surface area contributed by atoms with E-state index in [1.54, 1.807) is 0 Å². The molecule has 1 heterocycles. The Balaban J connectivity index is 1.86. The van der Waals surface area contributed by atoms with Gasteiger partial charge in [0.15, 0.2) is 0 Å². The number of nitrogens with two attached hydrogens (primary N) is 1. The van der Waals surface area contributed by atoms with Crippen LogP contribution in [0.1, 0.15) is 31.4 Å². The predicted molar refractivity (Wildman–Crippen MR) is 62.7 cm³/mol. The molecule has 3 N–H and O–H groups in total. The zero-order valence-corrected chi connectivity index (χ0v) is 9.48. The second-order valence-electron chi connectivity index (χ2n) is 4.38. The lowest BCUT2D eigenvalue weighted by Gasteiger charge is -2.13. The molecule has 0 saturated heterocycles. The van der Waals surface area contributed by atoms with Gasteiger partial charge in [-0.3, -0.25) is 4.79 Å². The first-order valence-electron chi connectivity index (χ1n) is 5.93.